The van der Waals surface area contributed by atoms with Crippen LogP contribution in [0.4, 0.5) is 0 Å². The van der Waals surface area contributed by atoms with Crippen LogP contribution in [0.15, 0.2) is 99.6 Å². The van der Waals surface area contributed by atoms with E-state index in [1.165, 1.54) is 9.79 Å². The summed E-state index contributed by atoms with van der Waals surface area (Å²) in [6.45, 7) is -0.237. The van der Waals surface area contributed by atoms with Gasteiger partial charge in [-0.25, -0.2) is 4.79 Å². The zero-order chi connectivity index (χ0) is 24.0. The van der Waals surface area contributed by atoms with Gasteiger partial charge in [-0.3, -0.25) is 4.18 Å². The zero-order valence-electron chi connectivity index (χ0n) is 18.9. The van der Waals surface area contributed by atoms with E-state index in [0.717, 1.165) is 11.3 Å². The number of hydrogen-bond donors (Lipinski definition) is 0. The van der Waals surface area contributed by atoms with Gasteiger partial charge in [0.25, 0.3) is 10.1 Å². The molecule has 0 radical (unpaired) electrons. The third kappa shape index (κ3) is 4.24. The molecule has 2 saturated carbocycles. The molecule has 0 N–H and O–H groups in total. The fourth-order valence-electron chi connectivity index (χ4n) is 5.57. The molecule has 35 heavy (non-hydrogen) atoms. The number of hydrogen-bond acceptors (Lipinski definition) is 6. The standard InChI is InChI=1S/C27H25O6S2/c28-25(32-26-18-15-23-24(16-18)35(29,30)33-27(23)26)17-31-19-11-13-22(14-12-19)34(20-7-3-1-4-8-20)21-9-5-2-6-10-21/h1-14,18,23-24,26-27H,15-17H2/q+1. The molecule has 1 heterocycles. The number of fused-ring (bicyclic) bond motifs is 1. The van der Waals surface area contributed by atoms with Crippen LogP contribution in [0.3, 0.4) is 0 Å². The van der Waals surface area contributed by atoms with Gasteiger partial charge in [0.2, 0.25) is 0 Å². The van der Waals surface area contributed by atoms with Gasteiger partial charge in [-0.2, -0.15) is 8.42 Å². The van der Waals surface area contributed by atoms with Gasteiger partial charge in [0.1, 0.15) is 18.0 Å². The highest BCUT2D eigenvalue weighted by Crippen LogP contribution is 2.55. The van der Waals surface area contributed by atoms with E-state index < -0.39 is 33.5 Å². The molecule has 2 bridgehead atoms. The number of rotatable bonds is 7. The molecule has 0 spiro atoms. The summed E-state index contributed by atoms with van der Waals surface area (Å²) in [7, 11) is -3.79. The Morgan fingerprint density at radius 2 is 1.46 bits per heavy atom. The van der Waals surface area contributed by atoms with E-state index in [0.29, 0.717) is 12.2 Å². The predicted molar refractivity (Wildman–Crippen MR) is 131 cm³/mol. The maximum absolute atomic E-state index is 12.5. The molecule has 3 aromatic carbocycles. The fraction of sp³-hybridized carbons (Fsp3) is 0.296. The van der Waals surface area contributed by atoms with Crippen LogP contribution in [0.5, 0.6) is 5.75 Å². The second-order valence-electron chi connectivity index (χ2n) is 9.13. The van der Waals surface area contributed by atoms with Gasteiger partial charge in [0.05, 0.1) is 16.1 Å². The largest absolute Gasteiger partial charge is 0.482 e. The Labute approximate surface area is 207 Å². The lowest BCUT2D eigenvalue weighted by Crippen LogP contribution is -2.38. The van der Waals surface area contributed by atoms with Gasteiger partial charge >= 0.3 is 5.97 Å². The number of ether oxygens (including phenoxy) is 2. The molecule has 5 atom stereocenters. The summed E-state index contributed by atoms with van der Waals surface area (Å²) in [5.74, 6) is 0.0520. The Morgan fingerprint density at radius 3 is 2.09 bits per heavy atom. The quantitative estimate of drug-likeness (QED) is 0.270. The van der Waals surface area contributed by atoms with E-state index >= 15 is 0 Å². The van der Waals surface area contributed by atoms with Crippen molar-refractivity contribution in [3.05, 3.63) is 84.9 Å². The molecule has 6 rings (SSSR count). The van der Waals surface area contributed by atoms with E-state index in [9.17, 15) is 13.2 Å². The minimum Gasteiger partial charge on any atom is -0.482 e. The highest BCUT2D eigenvalue weighted by atomic mass is 32.2. The first kappa shape index (κ1) is 22.6. The lowest BCUT2D eigenvalue weighted by Gasteiger charge is -2.24. The monoisotopic (exact) mass is 509 g/mol. The van der Waals surface area contributed by atoms with Crippen molar-refractivity contribution >= 4 is 27.0 Å². The fourth-order valence-corrected chi connectivity index (χ4v) is 9.53. The molecule has 6 nitrogen and oxygen atoms in total. The Morgan fingerprint density at radius 1 is 0.857 bits per heavy atom. The van der Waals surface area contributed by atoms with Gasteiger partial charge in [0.15, 0.2) is 21.3 Å². The zero-order valence-corrected chi connectivity index (χ0v) is 20.5. The van der Waals surface area contributed by atoms with Crippen LogP contribution in [-0.4, -0.2) is 38.5 Å². The Hall–Kier alpha value is -2.81. The van der Waals surface area contributed by atoms with E-state index in [4.69, 9.17) is 13.7 Å². The van der Waals surface area contributed by atoms with E-state index in [1.54, 1.807) is 0 Å². The molecule has 1 aliphatic heterocycles. The summed E-state index contributed by atoms with van der Waals surface area (Å²) in [6.07, 6.45) is 0.195. The lowest BCUT2D eigenvalue weighted by atomic mass is 9.94. The molecular formula is C27H25O6S2+. The second-order valence-corrected chi connectivity index (χ2v) is 12.9. The summed E-state index contributed by atoms with van der Waals surface area (Å²) >= 11 is 0. The van der Waals surface area contributed by atoms with Crippen molar-refractivity contribution in [3.63, 3.8) is 0 Å². The second kappa shape index (κ2) is 9.00. The lowest BCUT2D eigenvalue weighted by molar-refractivity contribution is -0.158. The van der Waals surface area contributed by atoms with Gasteiger partial charge in [-0.15, -0.1) is 0 Å². The third-order valence-corrected chi connectivity index (χ3v) is 11.1. The van der Waals surface area contributed by atoms with Crippen LogP contribution in [-0.2, 0) is 34.7 Å². The molecule has 0 aromatic heterocycles. The molecule has 180 valence electrons. The molecule has 8 heteroatoms. The molecule has 3 fully saturated rings. The first-order chi connectivity index (χ1) is 17.0. The normalized spacial score (nSPS) is 27.7. The van der Waals surface area contributed by atoms with Crippen molar-refractivity contribution in [3.8, 4) is 5.75 Å². The summed E-state index contributed by atoms with van der Waals surface area (Å²) in [6, 6.07) is 28.5. The maximum atomic E-state index is 12.5. The van der Waals surface area contributed by atoms with Crippen molar-refractivity contribution in [2.45, 2.75) is 45.0 Å². The average molecular weight is 510 g/mol. The summed E-state index contributed by atoms with van der Waals surface area (Å²) in [4.78, 5) is 16.1. The Kier molecular flexibility index (Phi) is 5.82. The molecule has 5 unspecified atom stereocenters. The van der Waals surface area contributed by atoms with Crippen LogP contribution in [0, 0.1) is 11.8 Å². The maximum Gasteiger partial charge on any atom is 0.344 e. The van der Waals surface area contributed by atoms with Crippen LogP contribution in [0.1, 0.15) is 12.8 Å². The molecule has 3 aliphatic rings. The van der Waals surface area contributed by atoms with Crippen molar-refractivity contribution in [1.82, 2.24) is 0 Å². The minimum absolute atomic E-state index is 0.0457. The van der Waals surface area contributed by atoms with Crippen molar-refractivity contribution in [2.75, 3.05) is 6.61 Å². The average Bonchev–Trinajstić information content (AvgIpc) is 3.50. The summed E-state index contributed by atoms with van der Waals surface area (Å²) < 4.78 is 40.8. The third-order valence-electron chi connectivity index (χ3n) is 7.06. The van der Waals surface area contributed by atoms with Crippen molar-refractivity contribution in [1.29, 1.82) is 0 Å². The molecule has 0 amide bonds. The van der Waals surface area contributed by atoms with Crippen molar-refractivity contribution < 1.29 is 26.9 Å². The first-order valence-corrected chi connectivity index (χ1v) is 14.4. The number of benzene rings is 3. The van der Waals surface area contributed by atoms with Crippen LogP contribution in [0.25, 0.3) is 0 Å². The highest BCUT2D eigenvalue weighted by Gasteiger charge is 2.65. The molecule has 2 aliphatic carbocycles. The van der Waals surface area contributed by atoms with Crippen LogP contribution in [0.2, 0.25) is 0 Å². The van der Waals surface area contributed by atoms with Gasteiger partial charge in [-0.1, -0.05) is 36.4 Å². The molecule has 3 aromatic rings. The summed E-state index contributed by atoms with van der Waals surface area (Å²) in [5.41, 5.74) is 0. The van der Waals surface area contributed by atoms with E-state index in [-0.39, 0.29) is 29.3 Å². The summed E-state index contributed by atoms with van der Waals surface area (Å²) in [5, 5.41) is -0.432. The molecule has 1 saturated heterocycles. The first-order valence-electron chi connectivity index (χ1n) is 11.7. The smallest absolute Gasteiger partial charge is 0.344 e. The highest BCUT2D eigenvalue weighted by molar-refractivity contribution is 7.97. The van der Waals surface area contributed by atoms with Gasteiger partial charge < -0.3 is 9.47 Å². The SMILES string of the molecule is O=C(COc1ccc([S+](c2ccccc2)c2ccccc2)cc1)OC1C2CC3C1OS(=O)(=O)C3C2. The topological polar surface area (TPSA) is 78.9 Å². The Balaban J connectivity index is 1.11. The molecular weight excluding hydrogens is 484 g/mol. The Bertz CT molecular complexity index is 1270. The minimum atomic E-state index is -3.53. The van der Waals surface area contributed by atoms with Gasteiger partial charge in [-0.05, 0) is 61.4 Å². The van der Waals surface area contributed by atoms with Gasteiger partial charge in [0, 0.05) is 11.8 Å². The van der Waals surface area contributed by atoms with E-state index in [1.807, 2.05) is 60.7 Å². The number of carbonyl (C=O) groups is 1. The van der Waals surface area contributed by atoms with Crippen LogP contribution >= 0.6 is 0 Å². The predicted octanol–water partition coefficient (Wildman–Crippen LogP) is 4.21. The van der Waals surface area contributed by atoms with E-state index in [2.05, 4.69) is 24.3 Å². The number of esters is 1. The van der Waals surface area contributed by atoms with Crippen molar-refractivity contribution in [2.24, 2.45) is 11.8 Å². The van der Waals surface area contributed by atoms with Crippen LogP contribution < -0.4 is 4.74 Å². The number of carbonyl (C=O) groups excluding carboxylic acids is 1.